The first-order chi connectivity index (χ1) is 11.2. The summed E-state index contributed by atoms with van der Waals surface area (Å²) in [6.07, 6.45) is 1.45. The van der Waals surface area contributed by atoms with E-state index in [1.54, 1.807) is 30.3 Å². The van der Waals surface area contributed by atoms with Crippen LogP contribution in [0.15, 0.2) is 68.4 Å². The minimum absolute atomic E-state index is 0.217. The first-order valence-electron chi connectivity index (χ1n) is 6.99. The molecule has 6 heteroatoms. The molecule has 0 atom stereocenters. The van der Waals surface area contributed by atoms with Crippen molar-refractivity contribution in [1.82, 2.24) is 9.55 Å². The van der Waals surface area contributed by atoms with Gasteiger partial charge in [-0.15, -0.1) is 0 Å². The molecule has 0 unspecified atom stereocenters. The fourth-order valence-electron chi connectivity index (χ4n) is 2.46. The molecule has 0 radical (unpaired) electrons. The van der Waals surface area contributed by atoms with Crippen LogP contribution in [0.25, 0.3) is 22.6 Å². The summed E-state index contributed by atoms with van der Waals surface area (Å²) in [5.41, 5.74) is 2.30. The number of aromatic nitrogens is 2. The van der Waals surface area contributed by atoms with Gasteiger partial charge in [0.1, 0.15) is 12.1 Å². The summed E-state index contributed by atoms with van der Waals surface area (Å²) >= 11 is 0. The average Bonchev–Trinajstić information content (AvgIpc) is 3.13. The molecule has 4 aromatic rings. The first kappa shape index (κ1) is 13.5. The first-order valence-corrected chi connectivity index (χ1v) is 6.99. The number of nitrogens with zero attached hydrogens (tertiary/aromatic N) is 2. The van der Waals surface area contributed by atoms with Crippen LogP contribution >= 0.6 is 0 Å². The highest BCUT2D eigenvalue weighted by Crippen LogP contribution is 2.20. The molecule has 0 aliphatic rings. The number of hydrogen-bond acceptors (Lipinski definition) is 4. The molecule has 4 rings (SSSR count). The maximum absolute atomic E-state index is 13.3. The lowest BCUT2D eigenvalue weighted by Crippen LogP contribution is -2.15. The molecule has 0 fully saturated rings. The van der Waals surface area contributed by atoms with Gasteiger partial charge in [-0.1, -0.05) is 18.2 Å². The summed E-state index contributed by atoms with van der Waals surface area (Å²) in [4.78, 5) is 16.3. The fraction of sp³-hybridized carbons (Fsp3) is 0.0588. The predicted octanol–water partition coefficient (Wildman–Crippen LogP) is 3.44. The van der Waals surface area contributed by atoms with Crippen LogP contribution in [-0.4, -0.2) is 9.55 Å². The zero-order valence-electron chi connectivity index (χ0n) is 11.9. The molecule has 0 spiro atoms. The van der Waals surface area contributed by atoms with Crippen molar-refractivity contribution in [2.75, 3.05) is 0 Å². The van der Waals surface area contributed by atoms with E-state index in [4.69, 9.17) is 8.83 Å². The van der Waals surface area contributed by atoms with E-state index in [1.807, 2.05) is 6.07 Å². The van der Waals surface area contributed by atoms with Crippen molar-refractivity contribution in [3.05, 3.63) is 76.9 Å². The largest absolute Gasteiger partial charge is 0.444 e. The number of para-hydroxylation sites is 2. The quantitative estimate of drug-likeness (QED) is 0.581. The van der Waals surface area contributed by atoms with Gasteiger partial charge in [-0.25, -0.2) is 14.2 Å². The Morgan fingerprint density at radius 1 is 1.13 bits per heavy atom. The fourth-order valence-corrected chi connectivity index (χ4v) is 2.46. The van der Waals surface area contributed by atoms with E-state index in [-0.39, 0.29) is 12.4 Å². The molecule has 2 aromatic heterocycles. The molecule has 0 bridgehead atoms. The lowest BCUT2D eigenvalue weighted by atomic mass is 10.2. The van der Waals surface area contributed by atoms with Gasteiger partial charge < -0.3 is 8.83 Å². The molecule has 0 saturated heterocycles. The highest BCUT2D eigenvalue weighted by atomic mass is 19.1. The molecule has 5 nitrogen and oxygen atoms in total. The Labute approximate surface area is 129 Å². The van der Waals surface area contributed by atoms with Crippen LogP contribution in [0.3, 0.4) is 0 Å². The van der Waals surface area contributed by atoms with E-state index in [2.05, 4.69) is 4.98 Å². The number of halogens is 1. The van der Waals surface area contributed by atoms with Crippen LogP contribution in [0, 0.1) is 5.82 Å². The zero-order chi connectivity index (χ0) is 15.8. The van der Waals surface area contributed by atoms with Gasteiger partial charge in [0, 0.05) is 5.56 Å². The molecule has 0 aliphatic carbocycles. The van der Waals surface area contributed by atoms with Crippen LogP contribution in [0.5, 0.6) is 0 Å². The van der Waals surface area contributed by atoms with E-state index < -0.39 is 5.76 Å². The monoisotopic (exact) mass is 310 g/mol. The number of hydrogen-bond donors (Lipinski definition) is 0. The van der Waals surface area contributed by atoms with Gasteiger partial charge >= 0.3 is 5.76 Å². The number of benzene rings is 2. The Morgan fingerprint density at radius 2 is 2.00 bits per heavy atom. The third kappa shape index (κ3) is 2.44. The summed E-state index contributed by atoms with van der Waals surface area (Å²) in [6.45, 7) is 0.217. The Morgan fingerprint density at radius 3 is 2.87 bits per heavy atom. The Hall–Kier alpha value is -3.15. The Balaban J connectivity index is 1.70. The lowest BCUT2D eigenvalue weighted by molar-refractivity contribution is 0.515. The van der Waals surface area contributed by atoms with Gasteiger partial charge in [-0.2, -0.15) is 0 Å². The molecular weight excluding hydrogens is 299 g/mol. The zero-order valence-corrected chi connectivity index (χ0v) is 11.9. The molecule has 2 aromatic carbocycles. The summed E-state index contributed by atoms with van der Waals surface area (Å²) in [7, 11) is 0. The summed E-state index contributed by atoms with van der Waals surface area (Å²) in [6, 6.07) is 13.1. The highest BCUT2D eigenvalue weighted by Gasteiger charge is 2.12. The molecule has 0 N–H and O–H groups in total. The van der Waals surface area contributed by atoms with Gasteiger partial charge in [-0.05, 0) is 30.3 Å². The molecule has 0 aliphatic heterocycles. The Kier molecular flexibility index (Phi) is 3.08. The third-order valence-corrected chi connectivity index (χ3v) is 3.52. The van der Waals surface area contributed by atoms with E-state index in [1.165, 1.54) is 23.0 Å². The van der Waals surface area contributed by atoms with Crippen molar-refractivity contribution in [3.8, 4) is 11.5 Å². The minimum Gasteiger partial charge on any atom is -0.444 e. The van der Waals surface area contributed by atoms with E-state index in [0.29, 0.717) is 28.2 Å². The van der Waals surface area contributed by atoms with Crippen molar-refractivity contribution in [2.45, 2.75) is 6.54 Å². The number of rotatable bonds is 3. The second-order valence-corrected chi connectivity index (χ2v) is 5.08. The van der Waals surface area contributed by atoms with Crippen molar-refractivity contribution >= 4 is 11.1 Å². The van der Waals surface area contributed by atoms with E-state index in [0.717, 1.165) is 0 Å². The van der Waals surface area contributed by atoms with Crippen LogP contribution in [0.2, 0.25) is 0 Å². The maximum Gasteiger partial charge on any atom is 0.420 e. The molecule has 114 valence electrons. The van der Waals surface area contributed by atoms with Gasteiger partial charge in [0.15, 0.2) is 5.58 Å². The maximum atomic E-state index is 13.3. The van der Waals surface area contributed by atoms with E-state index in [9.17, 15) is 9.18 Å². The third-order valence-electron chi connectivity index (χ3n) is 3.52. The minimum atomic E-state index is -0.457. The molecule has 0 saturated carbocycles. The molecule has 0 amide bonds. The second kappa shape index (κ2) is 5.24. The van der Waals surface area contributed by atoms with Crippen molar-refractivity contribution in [1.29, 1.82) is 0 Å². The van der Waals surface area contributed by atoms with Crippen molar-refractivity contribution < 1.29 is 13.2 Å². The van der Waals surface area contributed by atoms with Crippen LogP contribution in [-0.2, 0) is 6.54 Å². The van der Waals surface area contributed by atoms with Crippen molar-refractivity contribution in [2.24, 2.45) is 0 Å². The smallest absolute Gasteiger partial charge is 0.420 e. The average molecular weight is 310 g/mol. The predicted molar refractivity (Wildman–Crippen MR) is 81.5 cm³/mol. The topological polar surface area (TPSA) is 61.2 Å². The van der Waals surface area contributed by atoms with Gasteiger partial charge in [-0.3, -0.25) is 4.57 Å². The van der Waals surface area contributed by atoms with Crippen LogP contribution in [0.4, 0.5) is 4.39 Å². The number of fused-ring (bicyclic) bond motifs is 1. The van der Waals surface area contributed by atoms with Gasteiger partial charge in [0.2, 0.25) is 5.89 Å². The molecular formula is C17H11FN2O3. The lowest BCUT2D eigenvalue weighted by Gasteiger charge is -1.98. The Bertz CT molecular complexity index is 1050. The van der Waals surface area contributed by atoms with Gasteiger partial charge in [0.25, 0.3) is 0 Å². The van der Waals surface area contributed by atoms with Crippen LogP contribution in [0.1, 0.15) is 5.69 Å². The summed E-state index contributed by atoms with van der Waals surface area (Å²) in [5.74, 6) is -0.513. The second-order valence-electron chi connectivity index (χ2n) is 5.08. The van der Waals surface area contributed by atoms with Crippen LogP contribution < -0.4 is 5.76 Å². The normalized spacial score (nSPS) is 11.2. The van der Waals surface area contributed by atoms with Gasteiger partial charge in [0.05, 0.1) is 17.8 Å². The standard InChI is InChI=1S/C17H11FN2O3/c18-12-5-3-4-11(8-12)16-19-13(10-22-16)9-20-14-6-1-2-7-15(14)23-17(20)21/h1-8,10H,9H2. The van der Waals surface area contributed by atoms with Crippen molar-refractivity contribution in [3.63, 3.8) is 0 Å². The summed E-state index contributed by atoms with van der Waals surface area (Å²) < 4.78 is 25.3. The highest BCUT2D eigenvalue weighted by molar-refractivity contribution is 5.72. The van der Waals surface area contributed by atoms with E-state index >= 15 is 0 Å². The molecule has 2 heterocycles. The SMILES string of the molecule is O=c1oc2ccccc2n1Cc1coc(-c2cccc(F)c2)n1. The summed E-state index contributed by atoms with van der Waals surface area (Å²) in [5, 5.41) is 0. The molecule has 23 heavy (non-hydrogen) atoms. The number of oxazole rings is 2.